The fourth-order valence-corrected chi connectivity index (χ4v) is 2.43. The molecule has 0 saturated heterocycles. The number of hydrogen-bond acceptors (Lipinski definition) is 4. The van der Waals surface area contributed by atoms with Gasteiger partial charge < -0.3 is 9.84 Å². The zero-order chi connectivity index (χ0) is 17.3. The third kappa shape index (κ3) is 3.42. The number of hydrogen-bond donors (Lipinski definition) is 1. The molecule has 1 atom stereocenters. The van der Waals surface area contributed by atoms with Crippen molar-refractivity contribution < 1.29 is 22.5 Å². The van der Waals surface area contributed by atoms with E-state index in [0.29, 0.717) is 0 Å². The van der Waals surface area contributed by atoms with Crippen LogP contribution >= 0.6 is 0 Å². The Hall–Kier alpha value is -2.38. The maximum absolute atomic E-state index is 12.8. The third-order valence-corrected chi connectivity index (χ3v) is 4.09. The first-order valence-corrected chi connectivity index (χ1v) is 7.66. The van der Waals surface area contributed by atoms with E-state index in [0.717, 1.165) is 31.4 Å². The summed E-state index contributed by atoms with van der Waals surface area (Å²) in [5, 5.41) is 6.50. The average Bonchev–Trinajstić information content (AvgIpc) is 2.94. The Morgan fingerprint density at radius 2 is 2.12 bits per heavy atom. The van der Waals surface area contributed by atoms with Crippen LogP contribution < -0.4 is 5.32 Å². The van der Waals surface area contributed by atoms with Crippen LogP contribution in [0.1, 0.15) is 43.7 Å². The highest BCUT2D eigenvalue weighted by molar-refractivity contribution is 5.79. The number of carbonyl (C=O) groups is 1. The van der Waals surface area contributed by atoms with E-state index >= 15 is 0 Å². The van der Waals surface area contributed by atoms with Gasteiger partial charge in [-0.05, 0) is 31.9 Å². The molecule has 1 heterocycles. The second kappa shape index (κ2) is 6.26. The van der Waals surface area contributed by atoms with Crippen molar-refractivity contribution in [3.05, 3.63) is 35.7 Å². The van der Waals surface area contributed by atoms with Crippen molar-refractivity contribution in [3.63, 3.8) is 0 Å². The predicted octanol–water partition coefficient (Wildman–Crippen LogP) is 3.73. The van der Waals surface area contributed by atoms with Crippen LogP contribution in [0.4, 0.5) is 13.2 Å². The number of aromatic nitrogens is 2. The Kier molecular flexibility index (Phi) is 4.29. The van der Waals surface area contributed by atoms with Crippen molar-refractivity contribution in [2.75, 3.05) is 0 Å². The van der Waals surface area contributed by atoms with Crippen LogP contribution in [0.2, 0.25) is 0 Å². The van der Waals surface area contributed by atoms with Crippen LogP contribution in [-0.2, 0) is 11.0 Å². The van der Waals surface area contributed by atoms with Crippen molar-refractivity contribution in [3.8, 4) is 11.4 Å². The quantitative estimate of drug-likeness (QED) is 0.921. The van der Waals surface area contributed by atoms with Crippen LogP contribution in [0.3, 0.4) is 0 Å². The highest BCUT2D eigenvalue weighted by Crippen LogP contribution is 2.32. The molecule has 1 aliphatic carbocycles. The van der Waals surface area contributed by atoms with E-state index in [1.165, 1.54) is 12.1 Å². The summed E-state index contributed by atoms with van der Waals surface area (Å²) in [5.41, 5.74) is -0.574. The minimum atomic E-state index is -4.44. The molecule has 1 fully saturated rings. The number of rotatable bonds is 4. The van der Waals surface area contributed by atoms with Gasteiger partial charge in [-0.2, -0.15) is 18.2 Å². The lowest BCUT2D eigenvalue weighted by molar-refractivity contribution is -0.137. The van der Waals surface area contributed by atoms with Gasteiger partial charge in [0, 0.05) is 11.5 Å². The molecular formula is C16H16F3N3O2. The van der Waals surface area contributed by atoms with Crippen LogP contribution in [-0.4, -0.2) is 16.0 Å². The second-order valence-electron chi connectivity index (χ2n) is 5.89. The number of benzene rings is 1. The summed E-state index contributed by atoms with van der Waals surface area (Å²) in [6.07, 6.45) is -1.64. The van der Waals surface area contributed by atoms with Gasteiger partial charge in [0.05, 0.1) is 5.56 Å². The summed E-state index contributed by atoms with van der Waals surface area (Å²) in [4.78, 5) is 16.0. The molecule has 24 heavy (non-hydrogen) atoms. The molecule has 1 aliphatic rings. The monoisotopic (exact) mass is 339 g/mol. The minimum absolute atomic E-state index is 0.0262. The molecule has 0 radical (unpaired) electrons. The van der Waals surface area contributed by atoms with E-state index in [2.05, 4.69) is 15.5 Å². The topological polar surface area (TPSA) is 68.0 Å². The molecular weight excluding hydrogens is 323 g/mol. The molecule has 128 valence electrons. The maximum Gasteiger partial charge on any atom is 0.416 e. The maximum atomic E-state index is 12.8. The summed E-state index contributed by atoms with van der Waals surface area (Å²) in [6, 6.07) is 4.21. The minimum Gasteiger partial charge on any atom is -0.344 e. The van der Waals surface area contributed by atoms with Crippen molar-refractivity contribution in [1.82, 2.24) is 15.5 Å². The second-order valence-corrected chi connectivity index (χ2v) is 5.89. The van der Waals surface area contributed by atoms with Crippen molar-refractivity contribution in [2.45, 2.75) is 38.4 Å². The number of halogens is 3. The first-order valence-electron chi connectivity index (χ1n) is 7.66. The molecule has 0 unspecified atom stereocenters. The number of nitrogens with one attached hydrogen (secondary N) is 1. The molecule has 0 bridgehead atoms. The van der Waals surface area contributed by atoms with E-state index in [1.807, 2.05) is 0 Å². The normalized spacial score (nSPS) is 16.5. The van der Waals surface area contributed by atoms with Gasteiger partial charge in [-0.25, -0.2) is 0 Å². The number of nitrogens with zero attached hydrogens (tertiary/aromatic N) is 2. The molecule has 2 aromatic rings. The molecule has 1 aromatic heterocycles. The fraction of sp³-hybridized carbons (Fsp3) is 0.438. The van der Waals surface area contributed by atoms with E-state index in [1.54, 1.807) is 6.92 Å². The predicted molar refractivity (Wildman–Crippen MR) is 78.6 cm³/mol. The SMILES string of the molecule is C[C@H](NC(=O)C1CCC1)c1nc(-c2cccc(C(F)(F)F)c2)no1. The van der Waals surface area contributed by atoms with Crippen LogP contribution in [0.25, 0.3) is 11.4 Å². The van der Waals surface area contributed by atoms with Crippen LogP contribution in [0.5, 0.6) is 0 Å². The Bertz CT molecular complexity index is 738. The Labute approximate surface area is 136 Å². The standard InChI is InChI=1S/C16H16F3N3O2/c1-9(20-14(23)10-4-2-5-10)15-21-13(22-24-15)11-6-3-7-12(8-11)16(17,18)19/h3,6-10H,2,4-5H2,1H3,(H,20,23)/t9-/m0/s1. The molecule has 0 aliphatic heterocycles. The lowest BCUT2D eigenvalue weighted by Crippen LogP contribution is -2.36. The highest BCUT2D eigenvalue weighted by Gasteiger charge is 2.31. The largest absolute Gasteiger partial charge is 0.416 e. The lowest BCUT2D eigenvalue weighted by Gasteiger charge is -2.25. The molecule has 1 saturated carbocycles. The van der Waals surface area contributed by atoms with Crippen molar-refractivity contribution in [1.29, 1.82) is 0 Å². The summed E-state index contributed by atoms with van der Waals surface area (Å²) < 4.78 is 43.4. The van der Waals surface area contributed by atoms with Gasteiger partial charge in [0.1, 0.15) is 6.04 Å². The molecule has 0 spiro atoms. The lowest BCUT2D eigenvalue weighted by atomic mass is 9.84. The summed E-state index contributed by atoms with van der Waals surface area (Å²) in [5.74, 6) is 0.182. The Morgan fingerprint density at radius 3 is 2.75 bits per heavy atom. The molecule has 8 heteroatoms. The Balaban J connectivity index is 1.74. The van der Waals surface area contributed by atoms with Gasteiger partial charge >= 0.3 is 6.18 Å². The number of amides is 1. The van der Waals surface area contributed by atoms with Gasteiger partial charge in [-0.15, -0.1) is 0 Å². The third-order valence-electron chi connectivity index (χ3n) is 4.09. The molecule has 3 rings (SSSR count). The average molecular weight is 339 g/mol. The van der Waals surface area contributed by atoms with E-state index in [4.69, 9.17) is 4.52 Å². The van der Waals surface area contributed by atoms with Gasteiger partial charge in [-0.1, -0.05) is 23.7 Å². The van der Waals surface area contributed by atoms with E-state index in [-0.39, 0.29) is 29.1 Å². The number of alkyl halides is 3. The summed E-state index contributed by atoms with van der Waals surface area (Å²) in [6.45, 7) is 1.69. The first-order chi connectivity index (χ1) is 11.3. The zero-order valence-corrected chi connectivity index (χ0v) is 12.9. The summed E-state index contributed by atoms with van der Waals surface area (Å²) >= 11 is 0. The van der Waals surface area contributed by atoms with E-state index < -0.39 is 17.8 Å². The smallest absolute Gasteiger partial charge is 0.344 e. The zero-order valence-electron chi connectivity index (χ0n) is 12.9. The highest BCUT2D eigenvalue weighted by atomic mass is 19.4. The van der Waals surface area contributed by atoms with Crippen molar-refractivity contribution >= 4 is 5.91 Å². The summed E-state index contributed by atoms with van der Waals surface area (Å²) in [7, 11) is 0. The van der Waals surface area contributed by atoms with Gasteiger partial charge in [0.25, 0.3) is 0 Å². The molecule has 5 nitrogen and oxygen atoms in total. The van der Waals surface area contributed by atoms with Gasteiger partial charge in [0.15, 0.2) is 0 Å². The fourth-order valence-electron chi connectivity index (χ4n) is 2.43. The number of carbonyl (C=O) groups excluding carboxylic acids is 1. The molecule has 1 aromatic carbocycles. The van der Waals surface area contributed by atoms with E-state index in [9.17, 15) is 18.0 Å². The first kappa shape index (κ1) is 16.5. The van der Waals surface area contributed by atoms with Crippen LogP contribution in [0.15, 0.2) is 28.8 Å². The van der Waals surface area contributed by atoms with Gasteiger partial charge in [0.2, 0.25) is 17.6 Å². The molecule has 1 amide bonds. The van der Waals surface area contributed by atoms with Gasteiger partial charge in [-0.3, -0.25) is 4.79 Å². The Morgan fingerprint density at radius 1 is 1.38 bits per heavy atom. The van der Waals surface area contributed by atoms with Crippen molar-refractivity contribution in [2.24, 2.45) is 5.92 Å². The molecule has 1 N–H and O–H groups in total. The van der Waals surface area contributed by atoms with Crippen LogP contribution in [0, 0.1) is 5.92 Å².